The highest BCUT2D eigenvalue weighted by Crippen LogP contribution is 2.13. The van der Waals surface area contributed by atoms with E-state index in [0.717, 1.165) is 54.1 Å². The fraction of sp³-hybridized carbons (Fsp3) is 0.538. The first-order valence-electron chi connectivity index (χ1n) is 6.35. The normalized spacial score (nSPS) is 11.2. The summed E-state index contributed by atoms with van der Waals surface area (Å²) in [6, 6.07) is 2.07. The lowest BCUT2D eigenvalue weighted by Crippen LogP contribution is -2.04. The van der Waals surface area contributed by atoms with Crippen molar-refractivity contribution in [1.82, 2.24) is 14.5 Å². The van der Waals surface area contributed by atoms with Crippen molar-refractivity contribution in [3.63, 3.8) is 0 Å². The molecule has 0 amide bonds. The van der Waals surface area contributed by atoms with E-state index in [0.29, 0.717) is 0 Å². The molecule has 2 aromatic heterocycles. The monoisotopic (exact) mass is 265 g/mol. The van der Waals surface area contributed by atoms with Crippen LogP contribution in [0.5, 0.6) is 0 Å². The third kappa shape index (κ3) is 2.97. The number of pyridine rings is 1. The van der Waals surface area contributed by atoms with Crippen molar-refractivity contribution in [2.24, 2.45) is 0 Å². The summed E-state index contributed by atoms with van der Waals surface area (Å²) in [5, 5.41) is 0. The quantitative estimate of drug-likeness (QED) is 0.644. The van der Waals surface area contributed by atoms with Gasteiger partial charge in [-0.25, -0.2) is 4.98 Å². The molecule has 0 bridgehead atoms. The Morgan fingerprint density at radius 3 is 3.06 bits per heavy atom. The van der Waals surface area contributed by atoms with Crippen molar-refractivity contribution in [2.75, 3.05) is 13.2 Å². The van der Waals surface area contributed by atoms with E-state index in [2.05, 4.69) is 23.0 Å². The van der Waals surface area contributed by atoms with E-state index in [4.69, 9.17) is 17.0 Å². The number of nitrogens with one attached hydrogen (secondary N) is 1. The van der Waals surface area contributed by atoms with E-state index in [1.54, 1.807) is 0 Å². The largest absolute Gasteiger partial charge is 0.381 e. The molecule has 0 aliphatic rings. The van der Waals surface area contributed by atoms with Crippen LogP contribution in [-0.2, 0) is 11.3 Å². The zero-order valence-electron chi connectivity index (χ0n) is 10.9. The van der Waals surface area contributed by atoms with Gasteiger partial charge in [0.05, 0.1) is 5.52 Å². The maximum absolute atomic E-state index is 5.47. The van der Waals surface area contributed by atoms with Crippen molar-refractivity contribution in [1.29, 1.82) is 0 Å². The molecule has 1 N–H and O–H groups in total. The van der Waals surface area contributed by atoms with Gasteiger partial charge < -0.3 is 14.3 Å². The van der Waals surface area contributed by atoms with E-state index in [1.807, 2.05) is 17.7 Å². The number of fused-ring (bicyclic) bond motifs is 1. The Morgan fingerprint density at radius 1 is 1.44 bits per heavy atom. The van der Waals surface area contributed by atoms with Crippen LogP contribution in [0.4, 0.5) is 0 Å². The molecular formula is C13H19N3OS. The molecule has 2 heterocycles. The van der Waals surface area contributed by atoms with E-state index in [-0.39, 0.29) is 0 Å². The summed E-state index contributed by atoms with van der Waals surface area (Å²) in [4.78, 5) is 7.64. The van der Waals surface area contributed by atoms with E-state index < -0.39 is 0 Å². The van der Waals surface area contributed by atoms with Gasteiger partial charge in [-0.3, -0.25) is 0 Å². The number of imidazole rings is 1. The van der Waals surface area contributed by atoms with Crippen LogP contribution in [0.25, 0.3) is 11.2 Å². The van der Waals surface area contributed by atoms with Crippen LogP contribution in [0.3, 0.4) is 0 Å². The Hall–Kier alpha value is -1.20. The average Bonchev–Trinajstić information content (AvgIpc) is 2.64. The molecule has 2 rings (SSSR count). The van der Waals surface area contributed by atoms with Crippen molar-refractivity contribution in [3.05, 3.63) is 22.6 Å². The molecule has 0 fully saturated rings. The number of H-pyrrole nitrogens is 1. The zero-order valence-corrected chi connectivity index (χ0v) is 11.7. The number of aryl methyl sites for hydroxylation is 2. The van der Waals surface area contributed by atoms with Crippen LogP contribution in [0, 0.1) is 11.7 Å². The number of hydrogen-bond donors (Lipinski definition) is 1. The van der Waals surface area contributed by atoms with Gasteiger partial charge in [0.2, 0.25) is 0 Å². The lowest BCUT2D eigenvalue weighted by Gasteiger charge is -2.04. The lowest BCUT2D eigenvalue weighted by atomic mass is 10.3. The highest BCUT2D eigenvalue weighted by atomic mass is 32.1. The van der Waals surface area contributed by atoms with Gasteiger partial charge in [0, 0.05) is 26.0 Å². The number of hydrogen-bond acceptors (Lipinski definition) is 3. The summed E-state index contributed by atoms with van der Waals surface area (Å²) in [6.45, 7) is 6.59. The fourth-order valence-electron chi connectivity index (χ4n) is 1.93. The number of nitrogens with zero attached hydrogens (tertiary/aromatic N) is 2. The second kappa shape index (κ2) is 6.11. The summed E-state index contributed by atoms with van der Waals surface area (Å²) in [7, 11) is 0. The maximum Gasteiger partial charge on any atom is 0.179 e. The van der Waals surface area contributed by atoms with Gasteiger partial charge in [-0.1, -0.05) is 6.92 Å². The highest BCUT2D eigenvalue weighted by molar-refractivity contribution is 7.71. The molecule has 0 unspecified atom stereocenters. The van der Waals surface area contributed by atoms with Gasteiger partial charge in [0.25, 0.3) is 0 Å². The van der Waals surface area contributed by atoms with Crippen LogP contribution >= 0.6 is 12.2 Å². The van der Waals surface area contributed by atoms with Gasteiger partial charge in [-0.05, 0) is 43.6 Å². The van der Waals surface area contributed by atoms with Gasteiger partial charge in [-0.2, -0.15) is 0 Å². The Balaban J connectivity index is 2.08. The first-order valence-corrected chi connectivity index (χ1v) is 6.76. The molecule has 4 nitrogen and oxygen atoms in total. The molecule has 0 aliphatic heterocycles. The lowest BCUT2D eigenvalue weighted by molar-refractivity contribution is 0.129. The molecule has 18 heavy (non-hydrogen) atoms. The topological polar surface area (TPSA) is 42.8 Å². The third-order valence-corrected chi connectivity index (χ3v) is 3.09. The predicted octanol–water partition coefficient (Wildman–Crippen LogP) is 3.22. The van der Waals surface area contributed by atoms with Crippen LogP contribution in [0.2, 0.25) is 0 Å². The van der Waals surface area contributed by atoms with Crippen LogP contribution in [0.1, 0.15) is 25.3 Å². The molecule has 0 aliphatic carbocycles. The van der Waals surface area contributed by atoms with Gasteiger partial charge in [-0.15, -0.1) is 0 Å². The molecule has 98 valence electrons. The Kier molecular flexibility index (Phi) is 4.49. The van der Waals surface area contributed by atoms with Gasteiger partial charge in [0.1, 0.15) is 0 Å². The number of aromatic nitrogens is 3. The number of rotatable bonds is 6. The Bertz CT molecular complexity index is 573. The average molecular weight is 265 g/mol. The van der Waals surface area contributed by atoms with Crippen LogP contribution in [-0.4, -0.2) is 27.7 Å². The molecule has 0 spiro atoms. The second-order valence-corrected chi connectivity index (χ2v) is 4.82. The van der Waals surface area contributed by atoms with Crippen molar-refractivity contribution < 1.29 is 4.74 Å². The Morgan fingerprint density at radius 2 is 2.28 bits per heavy atom. The molecule has 5 heteroatoms. The first kappa shape index (κ1) is 13.2. The van der Waals surface area contributed by atoms with E-state index >= 15 is 0 Å². The minimum Gasteiger partial charge on any atom is -0.381 e. The van der Waals surface area contributed by atoms with Crippen molar-refractivity contribution in [3.8, 4) is 0 Å². The van der Waals surface area contributed by atoms with Gasteiger partial charge >= 0.3 is 0 Å². The summed E-state index contributed by atoms with van der Waals surface area (Å²) < 4.78 is 8.25. The van der Waals surface area contributed by atoms with E-state index in [1.165, 1.54) is 0 Å². The Labute approximate surface area is 112 Å². The second-order valence-electron chi connectivity index (χ2n) is 4.43. The number of aromatic amines is 1. The number of ether oxygens (including phenoxy) is 1. The summed E-state index contributed by atoms with van der Waals surface area (Å²) in [5.74, 6) is 0. The SMILES string of the molecule is CCCOCCCn1c(=S)[nH]c2cc(C)cnc21. The minimum atomic E-state index is 0.735. The van der Waals surface area contributed by atoms with Crippen molar-refractivity contribution in [2.45, 2.75) is 33.2 Å². The van der Waals surface area contributed by atoms with E-state index in [9.17, 15) is 0 Å². The standard InChI is InChI=1S/C13H19N3OS/c1-3-6-17-7-4-5-16-12-11(15-13(16)18)8-10(2)9-14-12/h8-9H,3-7H2,1-2H3,(H,15,18). The van der Waals surface area contributed by atoms with Crippen LogP contribution < -0.4 is 0 Å². The predicted molar refractivity (Wildman–Crippen MR) is 75.4 cm³/mol. The molecular weight excluding hydrogens is 246 g/mol. The zero-order chi connectivity index (χ0) is 13.0. The fourth-order valence-corrected chi connectivity index (χ4v) is 2.21. The molecule has 0 saturated heterocycles. The summed E-state index contributed by atoms with van der Waals surface area (Å²) >= 11 is 5.32. The molecule has 0 saturated carbocycles. The molecule has 0 atom stereocenters. The molecule has 0 radical (unpaired) electrons. The smallest absolute Gasteiger partial charge is 0.179 e. The highest BCUT2D eigenvalue weighted by Gasteiger charge is 2.05. The summed E-state index contributed by atoms with van der Waals surface area (Å²) in [5.41, 5.74) is 3.08. The molecule has 0 aromatic carbocycles. The minimum absolute atomic E-state index is 0.735. The maximum atomic E-state index is 5.47. The third-order valence-electron chi connectivity index (χ3n) is 2.76. The first-order chi connectivity index (χ1) is 8.72. The summed E-state index contributed by atoms with van der Waals surface area (Å²) in [6.07, 6.45) is 3.89. The van der Waals surface area contributed by atoms with Crippen molar-refractivity contribution >= 4 is 23.4 Å². The molecule has 2 aromatic rings. The van der Waals surface area contributed by atoms with Crippen LogP contribution in [0.15, 0.2) is 12.3 Å². The van der Waals surface area contributed by atoms with Gasteiger partial charge in [0.15, 0.2) is 10.4 Å².